The number of hydrogen-bond acceptors (Lipinski definition) is 7. The van der Waals surface area contributed by atoms with E-state index >= 15 is 0 Å². The van der Waals surface area contributed by atoms with Crippen LogP contribution in [-0.4, -0.2) is 54.5 Å². The van der Waals surface area contributed by atoms with Gasteiger partial charge < -0.3 is 29.5 Å². The molecular weight excluding hydrogens is 433 g/mol. The lowest BCUT2D eigenvalue weighted by molar-refractivity contribution is -0.153. The predicted molar refractivity (Wildman–Crippen MR) is 127 cm³/mol. The Morgan fingerprint density at radius 1 is 1.06 bits per heavy atom. The maximum Gasteiger partial charge on any atom is 0.226 e. The smallest absolute Gasteiger partial charge is 0.226 e. The van der Waals surface area contributed by atoms with Crippen molar-refractivity contribution in [1.82, 2.24) is 4.98 Å². The van der Waals surface area contributed by atoms with Crippen molar-refractivity contribution >= 4 is 12.7 Å². The van der Waals surface area contributed by atoms with Gasteiger partial charge >= 0.3 is 0 Å². The van der Waals surface area contributed by atoms with Gasteiger partial charge in [-0.25, -0.2) is 0 Å². The average Bonchev–Trinajstić information content (AvgIpc) is 3.26. The van der Waals surface area contributed by atoms with Gasteiger partial charge in [0.05, 0.1) is 25.9 Å². The summed E-state index contributed by atoms with van der Waals surface area (Å²) < 4.78 is 17.6. The van der Waals surface area contributed by atoms with Crippen molar-refractivity contribution in [1.29, 1.82) is 0 Å². The Kier molecular flexibility index (Phi) is 5.55. The summed E-state index contributed by atoms with van der Waals surface area (Å²) >= 11 is 0. The molecule has 0 unspecified atom stereocenters. The molecule has 1 radical (unpaired) electrons. The number of hydrogen-bond donors (Lipinski definition) is 3. The predicted octanol–water partition coefficient (Wildman–Crippen LogP) is 1.72. The number of rotatable bonds is 6. The van der Waals surface area contributed by atoms with Crippen molar-refractivity contribution in [3.05, 3.63) is 77.4 Å². The Morgan fingerprint density at radius 3 is 2.35 bits per heavy atom. The largest absolute Gasteiger partial charge is 0.481 e. The Labute approximate surface area is 199 Å². The molecule has 2 aliphatic rings. The molecule has 1 aliphatic carbocycles. The van der Waals surface area contributed by atoms with Gasteiger partial charge in [0.2, 0.25) is 11.8 Å². The topological polar surface area (TPSA) is 101 Å². The summed E-state index contributed by atoms with van der Waals surface area (Å²) in [6.07, 6.45) is -1.37. The molecule has 175 valence electrons. The van der Waals surface area contributed by atoms with Gasteiger partial charge in [-0.2, -0.15) is 4.98 Å². The molecule has 5 rings (SSSR count). The lowest BCUT2D eigenvalue weighted by atomic mass is 9.68. The highest BCUT2D eigenvalue weighted by Crippen LogP contribution is 2.69. The quantitative estimate of drug-likeness (QED) is 0.482. The Hall–Kier alpha value is -3.07. The van der Waals surface area contributed by atoms with Crippen molar-refractivity contribution in [3.8, 4) is 17.5 Å². The molecule has 3 N–H and O–H groups in total. The van der Waals surface area contributed by atoms with E-state index in [1.54, 1.807) is 6.07 Å². The van der Waals surface area contributed by atoms with E-state index in [1.165, 1.54) is 14.2 Å². The molecule has 0 bridgehead atoms. The van der Waals surface area contributed by atoms with Crippen LogP contribution in [0.2, 0.25) is 6.82 Å². The lowest BCUT2D eigenvalue weighted by Gasteiger charge is -2.41. The van der Waals surface area contributed by atoms with E-state index in [-0.39, 0.29) is 23.9 Å². The third-order valence-electron chi connectivity index (χ3n) is 7.29. The molecule has 1 fully saturated rings. The van der Waals surface area contributed by atoms with Crippen LogP contribution in [0.1, 0.15) is 22.6 Å². The number of fused-ring (bicyclic) bond motifs is 3. The zero-order chi connectivity index (χ0) is 24.1. The Morgan fingerprint density at radius 2 is 1.76 bits per heavy atom. The van der Waals surface area contributed by atoms with Crippen molar-refractivity contribution in [3.63, 3.8) is 0 Å². The summed E-state index contributed by atoms with van der Waals surface area (Å²) in [4.78, 5) is 4.36. The molecule has 2 heterocycles. The monoisotopic (exact) mass is 460 g/mol. The second-order valence-electron chi connectivity index (χ2n) is 8.74. The second-order valence-corrected chi connectivity index (χ2v) is 8.74. The summed E-state index contributed by atoms with van der Waals surface area (Å²) in [5.74, 6) is -0.631. The van der Waals surface area contributed by atoms with Gasteiger partial charge in [0.1, 0.15) is 13.0 Å². The second kappa shape index (κ2) is 8.30. The van der Waals surface area contributed by atoms with Gasteiger partial charge in [-0.3, -0.25) is 0 Å². The number of ether oxygens (including phenoxy) is 3. The first-order chi connectivity index (χ1) is 16.5. The van der Waals surface area contributed by atoms with Gasteiger partial charge in [-0.15, -0.1) is 0 Å². The van der Waals surface area contributed by atoms with E-state index in [2.05, 4.69) is 4.98 Å². The molecule has 34 heavy (non-hydrogen) atoms. The minimum absolute atomic E-state index is 0.0988. The number of aliphatic hydroxyl groups excluding tert-OH is 2. The molecule has 7 nitrogen and oxygen atoms in total. The fraction of sp³-hybridized carbons (Fsp3) is 0.346. The molecule has 5 atom stereocenters. The van der Waals surface area contributed by atoms with Gasteiger partial charge in [0.25, 0.3) is 0 Å². The first kappa shape index (κ1) is 22.7. The van der Waals surface area contributed by atoms with Gasteiger partial charge in [-0.05, 0) is 11.1 Å². The normalized spacial score (nSPS) is 29.2. The number of methoxy groups -OCH3 is 2. The minimum Gasteiger partial charge on any atom is -0.481 e. The molecule has 3 aromatic rings. The zero-order valence-corrected chi connectivity index (χ0v) is 19.3. The van der Waals surface area contributed by atoms with E-state index in [0.29, 0.717) is 11.3 Å². The summed E-state index contributed by atoms with van der Waals surface area (Å²) in [5.41, 5.74) is -0.675. The van der Waals surface area contributed by atoms with Crippen molar-refractivity contribution in [2.45, 2.75) is 30.0 Å². The number of nitrogens with zero attached hydrogens (tertiary/aromatic N) is 1. The van der Waals surface area contributed by atoms with E-state index in [9.17, 15) is 15.3 Å². The molecule has 0 amide bonds. The number of benzene rings is 2. The van der Waals surface area contributed by atoms with Crippen LogP contribution in [0.5, 0.6) is 17.5 Å². The van der Waals surface area contributed by atoms with Crippen LogP contribution >= 0.6 is 0 Å². The first-order valence-electron chi connectivity index (χ1n) is 11.2. The Bertz CT molecular complexity index is 1190. The van der Waals surface area contributed by atoms with E-state index in [4.69, 9.17) is 14.2 Å². The fourth-order valence-corrected chi connectivity index (χ4v) is 5.79. The van der Waals surface area contributed by atoms with Crippen LogP contribution in [0, 0.1) is 5.92 Å². The van der Waals surface area contributed by atoms with E-state index in [0.717, 1.165) is 11.0 Å². The van der Waals surface area contributed by atoms with E-state index < -0.39 is 29.1 Å². The standard InChI is InChI=1S/C26H27BNO6/c1-27-17-11-9-16(10-12-17)26-21(15-7-5-4-6-8-15)18(14-29)23(30)25(26,31)22-19(34-26)13-20(32-2)28-24(22)33-3/h4-13,18,21,23,29-31H,14H2,1-3H3/t18-,21-,23-,25+,26+/m1/s1. The average molecular weight is 460 g/mol. The first-order valence-corrected chi connectivity index (χ1v) is 11.2. The number of pyridine rings is 1. The molecule has 8 heteroatoms. The van der Waals surface area contributed by atoms with Crippen molar-refractivity contribution in [2.75, 3.05) is 20.8 Å². The van der Waals surface area contributed by atoms with Crippen LogP contribution in [0.3, 0.4) is 0 Å². The third-order valence-corrected chi connectivity index (χ3v) is 7.29. The van der Waals surface area contributed by atoms with Crippen LogP contribution in [0.4, 0.5) is 0 Å². The van der Waals surface area contributed by atoms with Crippen LogP contribution in [0.15, 0.2) is 60.7 Å². The lowest BCUT2D eigenvalue weighted by Crippen LogP contribution is -2.52. The molecule has 1 saturated carbocycles. The van der Waals surface area contributed by atoms with Crippen LogP contribution < -0.4 is 19.7 Å². The molecule has 0 spiro atoms. The molecule has 0 saturated heterocycles. The number of aliphatic hydroxyl groups is 3. The van der Waals surface area contributed by atoms with E-state index in [1.807, 2.05) is 68.7 Å². The molecule has 1 aliphatic heterocycles. The molecular formula is C26H27BNO6. The maximum atomic E-state index is 12.5. The summed E-state index contributed by atoms with van der Waals surface area (Å²) in [7, 11) is 4.90. The Balaban J connectivity index is 1.85. The van der Waals surface area contributed by atoms with Crippen LogP contribution in [0.25, 0.3) is 0 Å². The summed E-state index contributed by atoms with van der Waals surface area (Å²) in [6, 6.07) is 18.8. The molecule has 2 aromatic carbocycles. The zero-order valence-electron chi connectivity index (χ0n) is 19.3. The van der Waals surface area contributed by atoms with Gasteiger partial charge in [0, 0.05) is 24.5 Å². The molecule has 1 aromatic heterocycles. The van der Waals surface area contributed by atoms with Crippen molar-refractivity contribution in [2.24, 2.45) is 5.92 Å². The maximum absolute atomic E-state index is 12.5. The van der Waals surface area contributed by atoms with Gasteiger partial charge in [-0.1, -0.05) is 66.9 Å². The summed E-state index contributed by atoms with van der Waals surface area (Å²) in [5, 5.41) is 34.6. The highest BCUT2D eigenvalue weighted by atomic mass is 16.5. The highest BCUT2D eigenvalue weighted by Gasteiger charge is 2.76. The number of aromatic nitrogens is 1. The van der Waals surface area contributed by atoms with Crippen LogP contribution in [-0.2, 0) is 11.2 Å². The minimum atomic E-state index is -1.96. The van der Waals surface area contributed by atoms with Crippen molar-refractivity contribution < 1.29 is 29.5 Å². The SMILES string of the molecule is C[B]c1ccc([C@@]23Oc4cc(OC)nc(OC)c4[C@]2(O)[C@H](O)[C@H](CO)[C@H]3c2ccccc2)cc1. The third kappa shape index (κ3) is 2.85. The highest BCUT2D eigenvalue weighted by molar-refractivity contribution is 6.51. The van der Waals surface area contributed by atoms with Gasteiger partial charge in [0.15, 0.2) is 11.2 Å². The fourth-order valence-electron chi connectivity index (χ4n) is 5.79. The summed E-state index contributed by atoms with van der Waals surface area (Å²) in [6.45, 7) is 1.60.